The first kappa shape index (κ1) is 8.38. The molecule has 1 aromatic heterocycles. The minimum absolute atomic E-state index is 0.647. The number of methoxy groups -OCH3 is 1. The minimum atomic E-state index is 0.647. The fourth-order valence-corrected chi connectivity index (χ4v) is 1.61. The highest BCUT2D eigenvalue weighted by Gasteiger charge is 2.02. The lowest BCUT2D eigenvalue weighted by Crippen LogP contribution is -1.88. The van der Waals surface area contributed by atoms with Gasteiger partial charge in [-0.05, 0) is 18.2 Å². The standard InChI is InChI=1S/C10H9NOS/c1-12-10-8-3-2-4-9(13)7(8)5-6-11-10/h2-6,13H,1H3. The number of rotatable bonds is 1. The minimum Gasteiger partial charge on any atom is -0.481 e. The van der Waals surface area contributed by atoms with Crippen LogP contribution in [0.5, 0.6) is 5.88 Å². The summed E-state index contributed by atoms with van der Waals surface area (Å²) in [7, 11) is 1.62. The summed E-state index contributed by atoms with van der Waals surface area (Å²) in [5, 5.41) is 2.06. The second kappa shape index (κ2) is 3.26. The molecule has 0 aliphatic carbocycles. The molecule has 1 aromatic carbocycles. The Kier molecular flexibility index (Phi) is 2.10. The van der Waals surface area contributed by atoms with Crippen LogP contribution < -0.4 is 4.74 Å². The lowest BCUT2D eigenvalue weighted by Gasteiger charge is -2.04. The maximum absolute atomic E-state index is 5.14. The number of hydrogen-bond acceptors (Lipinski definition) is 3. The van der Waals surface area contributed by atoms with Gasteiger partial charge >= 0.3 is 0 Å². The van der Waals surface area contributed by atoms with E-state index in [0.717, 1.165) is 15.7 Å². The summed E-state index contributed by atoms with van der Waals surface area (Å²) in [6.45, 7) is 0. The first-order chi connectivity index (χ1) is 6.33. The molecule has 0 unspecified atom stereocenters. The topological polar surface area (TPSA) is 22.1 Å². The van der Waals surface area contributed by atoms with Crippen LogP contribution in [-0.2, 0) is 0 Å². The summed E-state index contributed by atoms with van der Waals surface area (Å²) in [5.41, 5.74) is 0. The number of benzene rings is 1. The normalized spacial score (nSPS) is 10.3. The average Bonchev–Trinajstić information content (AvgIpc) is 2.18. The molecule has 0 radical (unpaired) electrons. The van der Waals surface area contributed by atoms with Gasteiger partial charge in [0.15, 0.2) is 0 Å². The highest BCUT2D eigenvalue weighted by molar-refractivity contribution is 7.80. The number of aromatic nitrogens is 1. The Balaban J connectivity index is 2.84. The van der Waals surface area contributed by atoms with Crippen LogP contribution >= 0.6 is 12.6 Å². The molecule has 0 spiro atoms. The Bertz CT molecular complexity index is 442. The zero-order valence-corrected chi connectivity index (χ0v) is 8.08. The van der Waals surface area contributed by atoms with Crippen LogP contribution in [0.2, 0.25) is 0 Å². The van der Waals surface area contributed by atoms with Crippen molar-refractivity contribution in [3.63, 3.8) is 0 Å². The predicted octanol–water partition coefficient (Wildman–Crippen LogP) is 2.53. The summed E-state index contributed by atoms with van der Waals surface area (Å²) in [5.74, 6) is 0.647. The monoisotopic (exact) mass is 191 g/mol. The molecule has 0 saturated heterocycles. The molecule has 2 rings (SSSR count). The van der Waals surface area contributed by atoms with E-state index < -0.39 is 0 Å². The van der Waals surface area contributed by atoms with Gasteiger partial charge in [-0.3, -0.25) is 0 Å². The summed E-state index contributed by atoms with van der Waals surface area (Å²) in [4.78, 5) is 5.05. The summed E-state index contributed by atoms with van der Waals surface area (Å²) >= 11 is 4.35. The van der Waals surface area contributed by atoms with Gasteiger partial charge in [-0.15, -0.1) is 12.6 Å². The van der Waals surface area contributed by atoms with Crippen molar-refractivity contribution in [1.82, 2.24) is 4.98 Å². The van der Waals surface area contributed by atoms with Gasteiger partial charge in [0, 0.05) is 21.9 Å². The van der Waals surface area contributed by atoms with Crippen LogP contribution in [0.15, 0.2) is 35.4 Å². The van der Waals surface area contributed by atoms with E-state index in [9.17, 15) is 0 Å². The Morgan fingerprint density at radius 3 is 2.85 bits per heavy atom. The van der Waals surface area contributed by atoms with Gasteiger partial charge in [0.05, 0.1) is 7.11 Å². The molecule has 0 atom stereocenters. The molecule has 2 aromatic rings. The maximum atomic E-state index is 5.14. The van der Waals surface area contributed by atoms with Crippen molar-refractivity contribution in [2.45, 2.75) is 4.90 Å². The molecule has 0 bridgehead atoms. The molecule has 1 heterocycles. The van der Waals surface area contributed by atoms with E-state index in [1.807, 2.05) is 24.3 Å². The first-order valence-electron chi connectivity index (χ1n) is 3.93. The molecule has 0 aliphatic rings. The number of pyridine rings is 1. The van der Waals surface area contributed by atoms with E-state index in [-0.39, 0.29) is 0 Å². The summed E-state index contributed by atoms with van der Waals surface area (Å²) in [6.07, 6.45) is 1.72. The van der Waals surface area contributed by atoms with E-state index in [1.54, 1.807) is 13.3 Å². The molecule has 0 fully saturated rings. The van der Waals surface area contributed by atoms with E-state index in [2.05, 4.69) is 17.6 Å². The van der Waals surface area contributed by atoms with E-state index >= 15 is 0 Å². The summed E-state index contributed by atoms with van der Waals surface area (Å²) < 4.78 is 5.14. The largest absolute Gasteiger partial charge is 0.481 e. The number of ether oxygens (including phenoxy) is 1. The van der Waals surface area contributed by atoms with E-state index in [1.165, 1.54) is 0 Å². The number of thiol groups is 1. The molecule has 66 valence electrons. The van der Waals surface area contributed by atoms with Crippen LogP contribution in [0.1, 0.15) is 0 Å². The molecule has 2 nitrogen and oxygen atoms in total. The smallest absolute Gasteiger partial charge is 0.221 e. The lowest BCUT2D eigenvalue weighted by atomic mass is 10.2. The van der Waals surface area contributed by atoms with Crippen molar-refractivity contribution in [3.05, 3.63) is 30.5 Å². The molecule has 3 heteroatoms. The van der Waals surface area contributed by atoms with Crippen LogP contribution in [0.3, 0.4) is 0 Å². The third-order valence-electron chi connectivity index (χ3n) is 1.94. The zero-order valence-electron chi connectivity index (χ0n) is 7.19. The highest BCUT2D eigenvalue weighted by Crippen LogP contribution is 2.26. The second-order valence-electron chi connectivity index (χ2n) is 2.69. The van der Waals surface area contributed by atoms with Gasteiger partial charge in [-0.25, -0.2) is 4.98 Å². The van der Waals surface area contributed by atoms with E-state index in [4.69, 9.17) is 4.74 Å². The molecular weight excluding hydrogens is 182 g/mol. The van der Waals surface area contributed by atoms with Crippen molar-refractivity contribution in [1.29, 1.82) is 0 Å². The third kappa shape index (κ3) is 1.35. The van der Waals surface area contributed by atoms with Crippen molar-refractivity contribution < 1.29 is 4.74 Å². The molecule has 0 saturated carbocycles. The Hall–Kier alpha value is -1.22. The van der Waals surface area contributed by atoms with Gasteiger partial charge in [0.2, 0.25) is 5.88 Å². The fourth-order valence-electron chi connectivity index (χ4n) is 1.33. The second-order valence-corrected chi connectivity index (χ2v) is 3.17. The molecule has 0 aliphatic heterocycles. The van der Waals surface area contributed by atoms with Crippen LogP contribution in [0.25, 0.3) is 10.8 Å². The molecular formula is C10H9NOS. The zero-order chi connectivity index (χ0) is 9.26. The molecule has 0 N–H and O–H groups in total. The quantitative estimate of drug-likeness (QED) is 0.700. The van der Waals surface area contributed by atoms with Crippen molar-refractivity contribution >= 4 is 23.4 Å². The molecule has 0 amide bonds. The third-order valence-corrected chi connectivity index (χ3v) is 2.33. The first-order valence-corrected chi connectivity index (χ1v) is 4.38. The van der Waals surface area contributed by atoms with Gasteiger partial charge in [0.25, 0.3) is 0 Å². The SMILES string of the molecule is COc1nccc2c(S)cccc12. The lowest BCUT2D eigenvalue weighted by molar-refractivity contribution is 0.403. The number of nitrogens with zero attached hydrogens (tertiary/aromatic N) is 1. The van der Waals surface area contributed by atoms with Crippen LogP contribution in [0.4, 0.5) is 0 Å². The van der Waals surface area contributed by atoms with Crippen molar-refractivity contribution in [3.8, 4) is 5.88 Å². The Labute approximate surface area is 82.0 Å². The average molecular weight is 191 g/mol. The Morgan fingerprint density at radius 2 is 2.08 bits per heavy atom. The number of hydrogen-bond donors (Lipinski definition) is 1. The highest BCUT2D eigenvalue weighted by atomic mass is 32.1. The predicted molar refractivity (Wildman–Crippen MR) is 55.5 cm³/mol. The molecule has 13 heavy (non-hydrogen) atoms. The van der Waals surface area contributed by atoms with Gasteiger partial charge in [-0.2, -0.15) is 0 Å². The summed E-state index contributed by atoms with van der Waals surface area (Å²) in [6, 6.07) is 7.79. The number of fused-ring (bicyclic) bond motifs is 1. The van der Waals surface area contributed by atoms with Gasteiger partial charge in [0.1, 0.15) is 0 Å². The maximum Gasteiger partial charge on any atom is 0.221 e. The fraction of sp³-hybridized carbons (Fsp3) is 0.100. The Morgan fingerprint density at radius 1 is 1.23 bits per heavy atom. The van der Waals surface area contributed by atoms with Crippen molar-refractivity contribution in [2.75, 3.05) is 7.11 Å². The van der Waals surface area contributed by atoms with Crippen LogP contribution in [-0.4, -0.2) is 12.1 Å². The van der Waals surface area contributed by atoms with Crippen LogP contribution in [0, 0.1) is 0 Å². The van der Waals surface area contributed by atoms with Crippen molar-refractivity contribution in [2.24, 2.45) is 0 Å². The van der Waals surface area contributed by atoms with E-state index in [0.29, 0.717) is 5.88 Å². The van der Waals surface area contributed by atoms with Gasteiger partial charge in [-0.1, -0.05) is 6.07 Å². The van der Waals surface area contributed by atoms with Gasteiger partial charge < -0.3 is 4.74 Å².